The fourth-order valence-electron chi connectivity index (χ4n) is 6.06. The van der Waals surface area contributed by atoms with Crippen molar-refractivity contribution < 1.29 is 9.84 Å². The second kappa shape index (κ2) is 6.89. The monoisotopic (exact) mass is 337 g/mol. The summed E-state index contributed by atoms with van der Waals surface area (Å²) in [5.74, 6) is 2.34. The molecule has 3 aliphatic rings. The Balaban J connectivity index is 1.41. The van der Waals surface area contributed by atoms with Crippen molar-refractivity contribution in [3.8, 4) is 0 Å². The Morgan fingerprint density at radius 2 is 1.79 bits per heavy atom. The van der Waals surface area contributed by atoms with Crippen LogP contribution in [0.4, 0.5) is 0 Å². The molecule has 6 atom stereocenters. The van der Waals surface area contributed by atoms with Crippen molar-refractivity contribution in [2.24, 2.45) is 28.6 Å². The molecule has 1 saturated heterocycles. The number of nitrogens with zero attached hydrogens (tertiary/aromatic N) is 1. The Kier molecular flexibility index (Phi) is 5.36. The van der Waals surface area contributed by atoms with Crippen LogP contribution in [-0.4, -0.2) is 48.5 Å². The summed E-state index contributed by atoms with van der Waals surface area (Å²) in [6.07, 6.45) is 6.15. The van der Waals surface area contributed by atoms with Gasteiger partial charge >= 0.3 is 0 Å². The van der Waals surface area contributed by atoms with Gasteiger partial charge in [0.25, 0.3) is 0 Å². The van der Waals surface area contributed by atoms with Gasteiger partial charge in [-0.25, -0.2) is 0 Å². The van der Waals surface area contributed by atoms with Gasteiger partial charge in [-0.05, 0) is 60.7 Å². The highest BCUT2D eigenvalue weighted by atomic mass is 16.5. The molecule has 0 amide bonds. The second-order valence-electron chi connectivity index (χ2n) is 10.1. The number of piperidine rings is 1. The maximum absolute atomic E-state index is 10.4. The summed E-state index contributed by atoms with van der Waals surface area (Å²) in [7, 11) is 0. The van der Waals surface area contributed by atoms with Gasteiger partial charge in [0.05, 0.1) is 12.2 Å². The standard InChI is InChI=1S/C21H39NO2/c1-15-10-16(2)13-22(12-15)14-18(23)7-9-24-19-11-17-6-8-21(19,5)20(17,3)4/h15-19,23H,6-14H2,1-5H3/t15-,16+,17-,18+,19+,21-/m0/s1. The molecule has 1 N–H and O–H groups in total. The normalized spacial score (nSPS) is 43.2. The Morgan fingerprint density at radius 3 is 2.33 bits per heavy atom. The van der Waals surface area contributed by atoms with Crippen LogP contribution >= 0.6 is 0 Å². The first kappa shape index (κ1) is 18.7. The van der Waals surface area contributed by atoms with E-state index in [4.69, 9.17) is 4.74 Å². The van der Waals surface area contributed by atoms with Gasteiger partial charge in [0.15, 0.2) is 0 Å². The molecule has 1 aliphatic heterocycles. The van der Waals surface area contributed by atoms with E-state index in [1.165, 1.54) is 25.7 Å². The molecule has 3 fully saturated rings. The number of rotatable bonds is 6. The Hall–Kier alpha value is -0.120. The van der Waals surface area contributed by atoms with Crippen LogP contribution in [0.2, 0.25) is 0 Å². The van der Waals surface area contributed by atoms with Crippen molar-refractivity contribution >= 4 is 0 Å². The highest BCUT2D eigenvalue weighted by Crippen LogP contribution is 2.66. The summed E-state index contributed by atoms with van der Waals surface area (Å²) in [6.45, 7) is 15.8. The van der Waals surface area contributed by atoms with E-state index in [-0.39, 0.29) is 6.10 Å². The molecular formula is C21H39NO2. The Bertz CT molecular complexity index is 428. The van der Waals surface area contributed by atoms with Crippen LogP contribution in [0, 0.1) is 28.6 Å². The molecule has 2 aliphatic carbocycles. The quantitative estimate of drug-likeness (QED) is 0.796. The Morgan fingerprint density at radius 1 is 1.12 bits per heavy atom. The number of likely N-dealkylation sites (tertiary alicyclic amines) is 1. The first-order chi connectivity index (χ1) is 11.2. The molecule has 1 heterocycles. The minimum Gasteiger partial charge on any atom is -0.392 e. The van der Waals surface area contributed by atoms with Crippen molar-refractivity contribution in [1.82, 2.24) is 4.90 Å². The number of fused-ring (bicyclic) bond motifs is 2. The van der Waals surface area contributed by atoms with Gasteiger partial charge in [-0.3, -0.25) is 0 Å². The molecule has 0 aromatic carbocycles. The third-order valence-electron chi connectivity index (χ3n) is 7.90. The van der Waals surface area contributed by atoms with Crippen molar-refractivity contribution in [1.29, 1.82) is 0 Å². The number of ether oxygens (including phenoxy) is 1. The van der Waals surface area contributed by atoms with Crippen LogP contribution < -0.4 is 0 Å². The summed E-state index contributed by atoms with van der Waals surface area (Å²) >= 11 is 0. The van der Waals surface area contributed by atoms with Gasteiger partial charge in [-0.2, -0.15) is 0 Å². The first-order valence-corrected chi connectivity index (χ1v) is 10.2. The van der Waals surface area contributed by atoms with Crippen molar-refractivity contribution in [2.75, 3.05) is 26.2 Å². The highest BCUT2D eigenvalue weighted by Gasteiger charge is 2.61. The summed E-state index contributed by atoms with van der Waals surface area (Å²) < 4.78 is 6.30. The zero-order chi connectivity index (χ0) is 17.5. The molecule has 0 spiro atoms. The third-order valence-corrected chi connectivity index (χ3v) is 7.90. The van der Waals surface area contributed by atoms with Crippen LogP contribution in [-0.2, 0) is 4.74 Å². The molecule has 24 heavy (non-hydrogen) atoms. The number of aliphatic hydroxyl groups is 1. The highest BCUT2D eigenvalue weighted by molar-refractivity contribution is 5.11. The van der Waals surface area contributed by atoms with Crippen LogP contribution in [0.5, 0.6) is 0 Å². The molecule has 0 aromatic rings. The van der Waals surface area contributed by atoms with Gasteiger partial charge in [-0.1, -0.05) is 34.6 Å². The van der Waals surface area contributed by atoms with Crippen LogP contribution in [0.3, 0.4) is 0 Å². The summed E-state index contributed by atoms with van der Waals surface area (Å²) in [5.41, 5.74) is 0.747. The van der Waals surface area contributed by atoms with E-state index in [0.717, 1.165) is 43.8 Å². The van der Waals surface area contributed by atoms with Gasteiger partial charge in [0.2, 0.25) is 0 Å². The fourth-order valence-corrected chi connectivity index (χ4v) is 6.06. The van der Waals surface area contributed by atoms with Crippen LogP contribution in [0.25, 0.3) is 0 Å². The molecule has 2 bridgehead atoms. The predicted molar refractivity (Wildman–Crippen MR) is 99.0 cm³/mol. The summed E-state index contributed by atoms with van der Waals surface area (Å²) in [5, 5.41) is 10.4. The lowest BCUT2D eigenvalue weighted by atomic mass is 9.70. The van der Waals surface area contributed by atoms with Crippen LogP contribution in [0.1, 0.15) is 66.7 Å². The molecule has 3 nitrogen and oxygen atoms in total. The fraction of sp³-hybridized carbons (Fsp3) is 1.00. The molecule has 3 heteroatoms. The zero-order valence-corrected chi connectivity index (χ0v) is 16.6. The lowest BCUT2D eigenvalue weighted by Crippen LogP contribution is -2.43. The van der Waals surface area contributed by atoms with E-state index >= 15 is 0 Å². The van der Waals surface area contributed by atoms with Crippen molar-refractivity contribution in [3.05, 3.63) is 0 Å². The van der Waals surface area contributed by atoms with Gasteiger partial charge in [-0.15, -0.1) is 0 Å². The van der Waals surface area contributed by atoms with Crippen molar-refractivity contribution in [3.63, 3.8) is 0 Å². The van der Waals surface area contributed by atoms with E-state index in [0.29, 0.717) is 23.5 Å². The number of aliphatic hydroxyl groups excluding tert-OH is 1. The van der Waals surface area contributed by atoms with E-state index in [1.54, 1.807) is 0 Å². The molecule has 140 valence electrons. The second-order valence-corrected chi connectivity index (χ2v) is 10.1. The third kappa shape index (κ3) is 3.41. The minimum atomic E-state index is -0.248. The molecule has 0 unspecified atom stereocenters. The lowest BCUT2D eigenvalue weighted by molar-refractivity contribution is -0.0572. The average molecular weight is 338 g/mol. The smallest absolute Gasteiger partial charge is 0.0689 e. The maximum atomic E-state index is 10.4. The van der Waals surface area contributed by atoms with Crippen molar-refractivity contribution in [2.45, 2.75) is 78.9 Å². The number of hydrogen-bond acceptors (Lipinski definition) is 3. The summed E-state index contributed by atoms with van der Waals surface area (Å²) in [6, 6.07) is 0. The zero-order valence-electron chi connectivity index (χ0n) is 16.6. The maximum Gasteiger partial charge on any atom is 0.0689 e. The van der Waals surface area contributed by atoms with E-state index in [1.807, 2.05) is 0 Å². The molecule has 0 radical (unpaired) electrons. The molecule has 3 rings (SSSR count). The average Bonchev–Trinajstić information content (AvgIpc) is 2.79. The van der Waals surface area contributed by atoms with Gasteiger partial charge in [0.1, 0.15) is 0 Å². The lowest BCUT2D eigenvalue weighted by Gasteiger charge is -2.39. The largest absolute Gasteiger partial charge is 0.392 e. The topological polar surface area (TPSA) is 32.7 Å². The SMILES string of the molecule is C[C@@H]1C[C@H](C)CN(C[C@H](O)CCO[C@@H]2C[C@@H]3CC[C@]2(C)C3(C)C)C1. The molecule has 2 saturated carbocycles. The number of β-amino-alcohol motifs (C(OH)–C–C–N with tert-alkyl or cyclic N) is 1. The number of hydrogen-bond donors (Lipinski definition) is 1. The van der Waals surface area contributed by atoms with E-state index < -0.39 is 0 Å². The molecule has 0 aromatic heterocycles. The predicted octanol–water partition coefficient (Wildman–Crippen LogP) is 3.95. The molecular weight excluding hydrogens is 298 g/mol. The summed E-state index contributed by atoms with van der Waals surface area (Å²) in [4.78, 5) is 2.45. The van der Waals surface area contributed by atoms with Gasteiger partial charge in [0, 0.05) is 26.2 Å². The first-order valence-electron chi connectivity index (χ1n) is 10.2. The van der Waals surface area contributed by atoms with E-state index in [9.17, 15) is 5.11 Å². The van der Waals surface area contributed by atoms with Gasteiger partial charge < -0.3 is 14.7 Å². The van der Waals surface area contributed by atoms with E-state index in [2.05, 4.69) is 39.5 Å². The Labute approximate surface area is 149 Å². The minimum absolute atomic E-state index is 0.248. The van der Waals surface area contributed by atoms with Crippen LogP contribution in [0.15, 0.2) is 0 Å².